The molecule has 0 aliphatic carbocycles. The molecular weight excluding hydrogens is 378 g/mol. The molecular formula is C21H34ClN3O3. The van der Waals surface area contributed by atoms with E-state index in [0.29, 0.717) is 24.8 Å². The standard InChI is InChI=1S/C21H34ClN3O3/c1-4-23-20(24-11-6-12-27-5-2)25-16-21(9-13-28-14-10-21)18-15-17(22)7-8-19(18)26-3/h7-8,15H,4-6,9-14,16H2,1-3H3,(H2,23,24,25). The molecule has 7 heteroatoms. The zero-order valence-electron chi connectivity index (χ0n) is 17.4. The van der Waals surface area contributed by atoms with Crippen molar-refractivity contribution in [3.8, 4) is 5.75 Å². The van der Waals surface area contributed by atoms with E-state index in [-0.39, 0.29) is 5.41 Å². The summed E-state index contributed by atoms with van der Waals surface area (Å²) in [7, 11) is 1.70. The highest BCUT2D eigenvalue weighted by Crippen LogP contribution is 2.41. The molecule has 0 saturated carbocycles. The number of nitrogens with zero attached hydrogens (tertiary/aromatic N) is 1. The predicted molar refractivity (Wildman–Crippen MR) is 115 cm³/mol. The minimum Gasteiger partial charge on any atom is -0.496 e. The van der Waals surface area contributed by atoms with Gasteiger partial charge in [-0.3, -0.25) is 4.99 Å². The maximum Gasteiger partial charge on any atom is 0.191 e. The molecule has 0 amide bonds. The summed E-state index contributed by atoms with van der Waals surface area (Å²) < 4.78 is 16.7. The zero-order valence-corrected chi connectivity index (χ0v) is 18.1. The minimum atomic E-state index is -0.151. The highest BCUT2D eigenvalue weighted by molar-refractivity contribution is 6.30. The number of guanidine groups is 1. The van der Waals surface area contributed by atoms with Crippen LogP contribution in [0.15, 0.2) is 23.2 Å². The van der Waals surface area contributed by atoms with Crippen molar-refractivity contribution in [2.24, 2.45) is 4.99 Å². The van der Waals surface area contributed by atoms with Crippen molar-refractivity contribution in [1.82, 2.24) is 10.6 Å². The van der Waals surface area contributed by atoms with Gasteiger partial charge in [-0.25, -0.2) is 0 Å². The van der Waals surface area contributed by atoms with Crippen LogP contribution in [0.1, 0.15) is 38.7 Å². The van der Waals surface area contributed by atoms with E-state index in [1.807, 2.05) is 25.1 Å². The third-order valence-corrected chi connectivity index (χ3v) is 5.26. The van der Waals surface area contributed by atoms with Gasteiger partial charge >= 0.3 is 0 Å². The summed E-state index contributed by atoms with van der Waals surface area (Å²) in [6.07, 6.45) is 2.72. The summed E-state index contributed by atoms with van der Waals surface area (Å²) in [5.41, 5.74) is 0.962. The predicted octanol–water partition coefficient (Wildman–Crippen LogP) is 3.38. The number of benzene rings is 1. The Labute approximate surface area is 174 Å². The molecule has 0 bridgehead atoms. The summed E-state index contributed by atoms with van der Waals surface area (Å²) in [5.74, 6) is 1.68. The molecule has 0 spiro atoms. The number of hydrogen-bond acceptors (Lipinski definition) is 4. The van der Waals surface area contributed by atoms with E-state index in [0.717, 1.165) is 62.8 Å². The largest absolute Gasteiger partial charge is 0.496 e. The fraction of sp³-hybridized carbons (Fsp3) is 0.667. The van der Waals surface area contributed by atoms with Crippen LogP contribution in [0, 0.1) is 0 Å². The first kappa shape index (κ1) is 22.8. The molecule has 0 atom stereocenters. The smallest absolute Gasteiger partial charge is 0.191 e. The molecule has 1 aromatic rings. The summed E-state index contributed by atoms with van der Waals surface area (Å²) in [6.45, 7) is 9.29. The third-order valence-electron chi connectivity index (χ3n) is 5.03. The van der Waals surface area contributed by atoms with Crippen molar-refractivity contribution < 1.29 is 14.2 Å². The van der Waals surface area contributed by atoms with Gasteiger partial charge in [-0.15, -0.1) is 0 Å². The second-order valence-corrected chi connectivity index (χ2v) is 7.35. The fourth-order valence-corrected chi connectivity index (χ4v) is 3.64. The van der Waals surface area contributed by atoms with Crippen LogP contribution in [-0.2, 0) is 14.9 Å². The SMILES string of the molecule is CCNC(=NCC1(c2cc(Cl)ccc2OC)CCOCC1)NCCCOCC. The van der Waals surface area contributed by atoms with E-state index in [1.165, 1.54) is 0 Å². The van der Waals surface area contributed by atoms with Crippen molar-refractivity contribution >= 4 is 17.6 Å². The lowest BCUT2D eigenvalue weighted by atomic mass is 9.73. The van der Waals surface area contributed by atoms with Crippen molar-refractivity contribution in [1.29, 1.82) is 0 Å². The van der Waals surface area contributed by atoms with Gasteiger partial charge in [0.25, 0.3) is 0 Å². The normalized spacial score (nSPS) is 16.6. The molecule has 1 aliphatic rings. The van der Waals surface area contributed by atoms with Crippen molar-refractivity contribution in [2.75, 3.05) is 53.2 Å². The molecule has 1 aromatic carbocycles. The Kier molecular flexibility index (Phi) is 9.88. The number of methoxy groups -OCH3 is 1. The molecule has 1 aliphatic heterocycles. The fourth-order valence-electron chi connectivity index (χ4n) is 3.47. The second-order valence-electron chi connectivity index (χ2n) is 6.91. The Morgan fingerprint density at radius 3 is 2.71 bits per heavy atom. The first-order valence-electron chi connectivity index (χ1n) is 10.2. The quantitative estimate of drug-likeness (QED) is 0.351. The molecule has 0 radical (unpaired) electrons. The Morgan fingerprint density at radius 2 is 2.04 bits per heavy atom. The number of rotatable bonds is 10. The molecule has 6 nitrogen and oxygen atoms in total. The molecule has 2 N–H and O–H groups in total. The molecule has 158 valence electrons. The molecule has 1 heterocycles. The van der Waals surface area contributed by atoms with Gasteiger partial charge in [0.15, 0.2) is 5.96 Å². The number of halogens is 1. The van der Waals surface area contributed by atoms with Crippen molar-refractivity contribution in [2.45, 2.75) is 38.5 Å². The number of hydrogen-bond donors (Lipinski definition) is 2. The van der Waals surface area contributed by atoms with Gasteiger partial charge in [0.1, 0.15) is 5.75 Å². The van der Waals surface area contributed by atoms with E-state index >= 15 is 0 Å². The summed E-state index contributed by atoms with van der Waals surface area (Å²) in [5, 5.41) is 7.44. The van der Waals surface area contributed by atoms with Gasteiger partial charge in [-0.1, -0.05) is 11.6 Å². The van der Waals surface area contributed by atoms with E-state index < -0.39 is 0 Å². The van der Waals surface area contributed by atoms with Crippen LogP contribution in [0.5, 0.6) is 5.75 Å². The number of ether oxygens (including phenoxy) is 3. The minimum absolute atomic E-state index is 0.151. The Hall–Kier alpha value is -1.50. The lowest BCUT2D eigenvalue weighted by Crippen LogP contribution is -2.41. The lowest BCUT2D eigenvalue weighted by Gasteiger charge is -2.37. The third kappa shape index (κ3) is 6.54. The van der Waals surface area contributed by atoms with E-state index in [2.05, 4.69) is 17.6 Å². The average Bonchev–Trinajstić information content (AvgIpc) is 2.72. The van der Waals surface area contributed by atoms with Crippen molar-refractivity contribution in [3.05, 3.63) is 28.8 Å². The zero-order chi connectivity index (χ0) is 20.2. The molecule has 1 fully saturated rings. The van der Waals surface area contributed by atoms with Crippen LogP contribution in [0.25, 0.3) is 0 Å². The number of nitrogens with one attached hydrogen (secondary N) is 2. The van der Waals surface area contributed by atoms with E-state index in [4.69, 9.17) is 30.8 Å². The van der Waals surface area contributed by atoms with Crippen LogP contribution < -0.4 is 15.4 Å². The number of aliphatic imine (C=N–C) groups is 1. The van der Waals surface area contributed by atoms with Gasteiger partial charge in [0, 0.05) is 55.5 Å². The first-order valence-corrected chi connectivity index (χ1v) is 10.5. The summed E-state index contributed by atoms with van der Waals surface area (Å²) in [6, 6.07) is 5.82. The Morgan fingerprint density at radius 1 is 1.25 bits per heavy atom. The van der Waals surface area contributed by atoms with Gasteiger partial charge < -0.3 is 24.8 Å². The van der Waals surface area contributed by atoms with Crippen LogP contribution in [0.4, 0.5) is 0 Å². The molecule has 0 unspecified atom stereocenters. The van der Waals surface area contributed by atoms with Gasteiger partial charge in [-0.05, 0) is 51.3 Å². The van der Waals surface area contributed by atoms with Crippen molar-refractivity contribution in [3.63, 3.8) is 0 Å². The van der Waals surface area contributed by atoms with Gasteiger partial charge in [0.05, 0.1) is 13.7 Å². The molecule has 1 saturated heterocycles. The van der Waals surface area contributed by atoms with E-state index in [9.17, 15) is 0 Å². The van der Waals surface area contributed by atoms with Gasteiger partial charge in [-0.2, -0.15) is 0 Å². The van der Waals surface area contributed by atoms with Crippen LogP contribution in [-0.4, -0.2) is 59.1 Å². The van der Waals surface area contributed by atoms with Crippen LogP contribution in [0.2, 0.25) is 5.02 Å². The lowest BCUT2D eigenvalue weighted by molar-refractivity contribution is 0.0523. The maximum absolute atomic E-state index is 6.32. The monoisotopic (exact) mass is 411 g/mol. The topological polar surface area (TPSA) is 64.1 Å². The molecule has 2 rings (SSSR count). The van der Waals surface area contributed by atoms with Crippen LogP contribution in [0.3, 0.4) is 0 Å². The highest BCUT2D eigenvalue weighted by atomic mass is 35.5. The Balaban J connectivity index is 2.17. The second kappa shape index (κ2) is 12.1. The molecule has 28 heavy (non-hydrogen) atoms. The van der Waals surface area contributed by atoms with Crippen LogP contribution >= 0.6 is 11.6 Å². The molecule has 0 aromatic heterocycles. The first-order chi connectivity index (χ1) is 13.6. The summed E-state index contributed by atoms with van der Waals surface area (Å²) in [4.78, 5) is 4.91. The average molecular weight is 412 g/mol. The van der Waals surface area contributed by atoms with Gasteiger partial charge in [0.2, 0.25) is 0 Å². The maximum atomic E-state index is 6.32. The summed E-state index contributed by atoms with van der Waals surface area (Å²) >= 11 is 6.32. The van der Waals surface area contributed by atoms with E-state index in [1.54, 1.807) is 7.11 Å². The Bertz CT molecular complexity index is 619. The highest BCUT2D eigenvalue weighted by Gasteiger charge is 2.37.